The van der Waals surface area contributed by atoms with Crippen molar-refractivity contribution in [1.29, 1.82) is 0 Å². The summed E-state index contributed by atoms with van der Waals surface area (Å²) in [5.74, 6) is -0.814. The van der Waals surface area contributed by atoms with E-state index < -0.39 is 5.97 Å². The first-order valence-corrected chi connectivity index (χ1v) is 8.78. The van der Waals surface area contributed by atoms with Crippen molar-refractivity contribution in [2.75, 3.05) is 0 Å². The van der Waals surface area contributed by atoms with Gasteiger partial charge < -0.3 is 4.74 Å². The summed E-state index contributed by atoms with van der Waals surface area (Å²) in [5, 5.41) is 4.69. The lowest BCUT2D eigenvalue weighted by atomic mass is 10.1. The van der Waals surface area contributed by atoms with Gasteiger partial charge >= 0.3 is 5.97 Å². The number of nitrogens with zero attached hydrogens (tertiary/aromatic N) is 2. The number of hydrogen-bond donors (Lipinski definition) is 0. The van der Waals surface area contributed by atoms with Crippen LogP contribution in [0.1, 0.15) is 29.8 Å². The summed E-state index contributed by atoms with van der Waals surface area (Å²) >= 11 is 6.39. The van der Waals surface area contributed by atoms with Crippen LogP contribution in [0.3, 0.4) is 0 Å². The van der Waals surface area contributed by atoms with Crippen molar-refractivity contribution >= 4 is 23.6 Å². The molecule has 2 aromatic carbocycles. The Labute approximate surface area is 161 Å². The number of hydrogen-bond acceptors (Lipinski definition) is 3. The van der Waals surface area contributed by atoms with Crippen LogP contribution in [0.2, 0.25) is 5.15 Å². The van der Waals surface area contributed by atoms with E-state index in [1.54, 1.807) is 25.1 Å². The van der Waals surface area contributed by atoms with Crippen LogP contribution in [0.15, 0.2) is 60.7 Å². The zero-order chi connectivity index (χ0) is 19.4. The number of ether oxygens (including phenoxy) is 1. The van der Waals surface area contributed by atoms with Crippen LogP contribution in [-0.4, -0.2) is 15.7 Å². The monoisotopic (exact) mass is 384 g/mol. The lowest BCUT2D eigenvalue weighted by Gasteiger charge is -2.11. The Balaban J connectivity index is 1.75. The average Bonchev–Trinajstić information content (AvgIpc) is 2.95. The number of benzene rings is 2. The van der Waals surface area contributed by atoms with E-state index in [-0.39, 0.29) is 11.9 Å². The van der Waals surface area contributed by atoms with Gasteiger partial charge in [0.2, 0.25) is 0 Å². The number of aromatic nitrogens is 2. The fraction of sp³-hybridized carbons (Fsp3) is 0.143. The zero-order valence-corrected chi connectivity index (χ0v) is 15.7. The highest BCUT2D eigenvalue weighted by atomic mass is 35.5. The molecule has 0 aliphatic heterocycles. The molecule has 4 nitrogen and oxygen atoms in total. The summed E-state index contributed by atoms with van der Waals surface area (Å²) in [5.41, 5.74) is 2.79. The van der Waals surface area contributed by atoms with Crippen LogP contribution < -0.4 is 0 Å². The molecule has 0 N–H and O–H groups in total. The second-order valence-corrected chi connectivity index (χ2v) is 6.36. The number of halogens is 2. The van der Waals surface area contributed by atoms with Crippen LogP contribution in [0, 0.1) is 12.7 Å². The number of rotatable bonds is 5. The first-order chi connectivity index (χ1) is 13.0. The molecule has 3 aromatic rings. The van der Waals surface area contributed by atoms with E-state index in [1.165, 1.54) is 22.9 Å². The molecule has 0 amide bonds. The van der Waals surface area contributed by atoms with Gasteiger partial charge in [-0.05, 0) is 49.8 Å². The molecule has 0 aliphatic carbocycles. The molecule has 0 spiro atoms. The Morgan fingerprint density at radius 3 is 2.52 bits per heavy atom. The number of aryl methyl sites for hydroxylation is 1. The van der Waals surface area contributed by atoms with Crippen LogP contribution in [0.5, 0.6) is 0 Å². The molecule has 0 aliphatic rings. The molecule has 1 unspecified atom stereocenters. The molecule has 138 valence electrons. The maximum atomic E-state index is 13.1. The van der Waals surface area contributed by atoms with Gasteiger partial charge in [-0.2, -0.15) is 5.10 Å². The van der Waals surface area contributed by atoms with Gasteiger partial charge in [-0.1, -0.05) is 41.9 Å². The molecule has 0 fully saturated rings. The van der Waals surface area contributed by atoms with Gasteiger partial charge in [0.15, 0.2) is 0 Å². The van der Waals surface area contributed by atoms with Gasteiger partial charge in [0.25, 0.3) is 0 Å². The molecule has 0 bridgehead atoms. The van der Waals surface area contributed by atoms with Gasteiger partial charge in [0, 0.05) is 11.6 Å². The van der Waals surface area contributed by atoms with E-state index in [4.69, 9.17) is 16.3 Å². The van der Waals surface area contributed by atoms with Crippen LogP contribution in [0.25, 0.3) is 11.8 Å². The normalized spacial score (nSPS) is 12.3. The van der Waals surface area contributed by atoms with Crippen LogP contribution in [0.4, 0.5) is 4.39 Å². The van der Waals surface area contributed by atoms with Crippen molar-refractivity contribution in [2.24, 2.45) is 0 Å². The second-order valence-electron chi connectivity index (χ2n) is 6.00. The molecule has 3 rings (SSSR count). The molecule has 0 radical (unpaired) electrons. The summed E-state index contributed by atoms with van der Waals surface area (Å²) in [6.07, 6.45) is 2.54. The third-order valence-electron chi connectivity index (χ3n) is 4.07. The van der Waals surface area contributed by atoms with E-state index in [0.29, 0.717) is 22.1 Å². The lowest BCUT2D eigenvalue weighted by Crippen LogP contribution is -2.05. The molecule has 1 heterocycles. The first-order valence-electron chi connectivity index (χ1n) is 8.40. The van der Waals surface area contributed by atoms with Gasteiger partial charge in [-0.15, -0.1) is 0 Å². The Hall–Kier alpha value is -2.92. The minimum atomic E-state index is -0.476. The van der Waals surface area contributed by atoms with Crippen LogP contribution in [-0.2, 0) is 9.53 Å². The largest absolute Gasteiger partial charge is 0.455 e. The van der Waals surface area contributed by atoms with Gasteiger partial charge in [0.1, 0.15) is 17.1 Å². The highest BCUT2D eigenvalue weighted by Gasteiger charge is 2.14. The maximum absolute atomic E-state index is 13.1. The molecule has 1 atom stereocenters. The van der Waals surface area contributed by atoms with Gasteiger partial charge in [-0.3, -0.25) is 0 Å². The van der Waals surface area contributed by atoms with E-state index in [9.17, 15) is 9.18 Å². The maximum Gasteiger partial charge on any atom is 0.331 e. The molecule has 0 saturated heterocycles. The minimum Gasteiger partial charge on any atom is -0.455 e. The summed E-state index contributed by atoms with van der Waals surface area (Å²) in [6.45, 7) is 3.59. The average molecular weight is 385 g/mol. The quantitative estimate of drug-likeness (QED) is 0.443. The zero-order valence-electron chi connectivity index (χ0n) is 14.9. The third kappa shape index (κ3) is 4.44. The summed E-state index contributed by atoms with van der Waals surface area (Å²) < 4.78 is 20.0. The molecule has 27 heavy (non-hydrogen) atoms. The molecular weight excluding hydrogens is 367 g/mol. The Morgan fingerprint density at radius 2 is 1.85 bits per heavy atom. The van der Waals surface area contributed by atoms with E-state index in [1.807, 2.05) is 37.3 Å². The van der Waals surface area contributed by atoms with Crippen molar-refractivity contribution in [3.8, 4) is 5.69 Å². The third-order valence-corrected chi connectivity index (χ3v) is 4.43. The predicted octanol–water partition coefficient (Wildman–Crippen LogP) is 5.29. The minimum absolute atomic E-state index is 0.333. The van der Waals surface area contributed by atoms with E-state index in [0.717, 1.165) is 5.56 Å². The Morgan fingerprint density at radius 1 is 1.19 bits per heavy atom. The van der Waals surface area contributed by atoms with Crippen molar-refractivity contribution in [2.45, 2.75) is 20.0 Å². The topological polar surface area (TPSA) is 44.1 Å². The van der Waals surface area contributed by atoms with Crippen molar-refractivity contribution in [3.63, 3.8) is 0 Å². The van der Waals surface area contributed by atoms with E-state index >= 15 is 0 Å². The van der Waals surface area contributed by atoms with Crippen LogP contribution >= 0.6 is 11.6 Å². The summed E-state index contributed by atoms with van der Waals surface area (Å²) in [4.78, 5) is 12.1. The number of esters is 1. The van der Waals surface area contributed by atoms with Crippen molar-refractivity contribution in [1.82, 2.24) is 9.78 Å². The Bertz CT molecular complexity index is 966. The van der Waals surface area contributed by atoms with E-state index in [2.05, 4.69) is 5.10 Å². The van der Waals surface area contributed by atoms with Crippen molar-refractivity contribution < 1.29 is 13.9 Å². The van der Waals surface area contributed by atoms with Gasteiger partial charge in [-0.25, -0.2) is 13.9 Å². The summed E-state index contributed by atoms with van der Waals surface area (Å²) in [6, 6.07) is 15.3. The molecule has 0 saturated carbocycles. The fourth-order valence-electron chi connectivity index (χ4n) is 2.61. The first kappa shape index (κ1) is 18.9. The molecule has 6 heteroatoms. The lowest BCUT2D eigenvalue weighted by molar-refractivity contribution is -0.142. The summed E-state index contributed by atoms with van der Waals surface area (Å²) in [7, 11) is 0. The standard InChI is InChI=1S/C21H18ClFN2O2/c1-14-19(21(22)25(24-14)18-10-8-17(23)9-11-18)12-13-20(26)27-15(2)16-6-4-3-5-7-16/h3-13,15H,1-2H3/b13-12+. The molecular formula is C21H18ClFN2O2. The SMILES string of the molecule is Cc1nn(-c2ccc(F)cc2)c(Cl)c1/C=C/C(=O)OC(C)c1ccccc1. The highest BCUT2D eigenvalue weighted by Crippen LogP contribution is 2.25. The smallest absolute Gasteiger partial charge is 0.331 e. The van der Waals surface area contributed by atoms with Crippen molar-refractivity contribution in [3.05, 3.63) is 88.5 Å². The fourth-order valence-corrected chi connectivity index (χ4v) is 2.95. The molecule has 1 aromatic heterocycles. The number of carbonyl (C=O) groups excluding carboxylic acids is 1. The predicted molar refractivity (Wildman–Crippen MR) is 103 cm³/mol. The Kier molecular flexibility index (Phi) is 5.72. The highest BCUT2D eigenvalue weighted by molar-refractivity contribution is 6.31. The second kappa shape index (κ2) is 8.18. The number of carbonyl (C=O) groups is 1. The van der Waals surface area contributed by atoms with Gasteiger partial charge in [0.05, 0.1) is 11.4 Å².